The molecule has 0 N–H and O–H groups in total. The van der Waals surface area contributed by atoms with Crippen molar-refractivity contribution in [2.24, 2.45) is 0 Å². The van der Waals surface area contributed by atoms with Crippen LogP contribution in [-0.2, 0) is 11.2 Å². The maximum absolute atomic E-state index is 10.4. The summed E-state index contributed by atoms with van der Waals surface area (Å²) in [6, 6.07) is 1.69. The fourth-order valence-electron chi connectivity index (χ4n) is 0.578. The highest BCUT2D eigenvalue weighted by Gasteiger charge is 1.96. The zero-order valence-corrected chi connectivity index (χ0v) is 6.08. The maximum atomic E-state index is 10.4. The van der Waals surface area contributed by atoms with Gasteiger partial charge in [0.05, 0.1) is 12.1 Å². The van der Waals surface area contributed by atoms with Crippen LogP contribution in [0.5, 0.6) is 0 Å². The molecule has 0 atom stereocenters. The lowest BCUT2D eigenvalue weighted by atomic mass is 10.3. The molecule has 1 aromatic rings. The number of thiol groups is 1. The Balaban J connectivity index is 2.67. The quantitative estimate of drug-likeness (QED) is 0.630. The molecule has 52 valence electrons. The molecule has 0 fully saturated rings. The zero-order chi connectivity index (χ0) is 7.40. The van der Waals surface area contributed by atoms with Gasteiger partial charge < -0.3 is 0 Å². The van der Waals surface area contributed by atoms with Gasteiger partial charge in [0.25, 0.3) is 0 Å². The Morgan fingerprint density at radius 1 is 1.70 bits per heavy atom. The Labute approximate surface area is 63.9 Å². The Morgan fingerprint density at radius 3 is 3.00 bits per heavy atom. The summed E-state index contributed by atoms with van der Waals surface area (Å²) in [6.45, 7) is 0. The molecule has 0 amide bonds. The molecule has 0 saturated heterocycles. The molecule has 0 saturated carbocycles. The van der Waals surface area contributed by atoms with E-state index in [4.69, 9.17) is 0 Å². The van der Waals surface area contributed by atoms with Gasteiger partial charge in [-0.2, -0.15) is 0 Å². The van der Waals surface area contributed by atoms with Crippen LogP contribution in [0.4, 0.5) is 0 Å². The monoisotopic (exact) mass is 154 g/mol. The average Bonchev–Trinajstić information content (AvgIpc) is 1.88. The number of carbonyl (C=O) groups is 1. The van der Waals surface area contributed by atoms with Crippen molar-refractivity contribution in [2.75, 3.05) is 0 Å². The molecule has 0 aliphatic heterocycles. The van der Waals surface area contributed by atoms with Gasteiger partial charge in [0.1, 0.15) is 6.33 Å². The number of nitrogens with zero attached hydrogens (tertiary/aromatic N) is 2. The van der Waals surface area contributed by atoms with Crippen LogP contribution in [0, 0.1) is 0 Å². The van der Waals surface area contributed by atoms with Gasteiger partial charge in [-0.3, -0.25) is 4.79 Å². The van der Waals surface area contributed by atoms with E-state index in [9.17, 15) is 4.79 Å². The molecule has 0 aromatic carbocycles. The van der Waals surface area contributed by atoms with Crippen LogP contribution < -0.4 is 0 Å². The molecule has 0 bridgehead atoms. The third-order valence-corrected chi connectivity index (χ3v) is 1.13. The van der Waals surface area contributed by atoms with Crippen molar-refractivity contribution in [1.82, 2.24) is 9.97 Å². The van der Waals surface area contributed by atoms with E-state index in [1.165, 1.54) is 6.33 Å². The first-order chi connectivity index (χ1) is 4.79. The highest BCUT2D eigenvalue weighted by Crippen LogP contribution is 1.94. The Morgan fingerprint density at radius 2 is 2.50 bits per heavy atom. The summed E-state index contributed by atoms with van der Waals surface area (Å²) in [5, 5.41) is -0.182. The lowest BCUT2D eigenvalue weighted by Gasteiger charge is -1.91. The Bertz CT molecular complexity index is 224. The van der Waals surface area contributed by atoms with Gasteiger partial charge in [-0.1, -0.05) is 0 Å². The van der Waals surface area contributed by atoms with E-state index in [1.807, 2.05) is 0 Å². The normalized spacial score (nSPS) is 9.30. The number of carbonyl (C=O) groups excluding carboxylic acids is 1. The van der Waals surface area contributed by atoms with Crippen molar-refractivity contribution in [3.63, 3.8) is 0 Å². The van der Waals surface area contributed by atoms with Crippen molar-refractivity contribution in [1.29, 1.82) is 0 Å². The summed E-state index contributed by atoms with van der Waals surface area (Å²) in [4.78, 5) is 18.0. The molecule has 10 heavy (non-hydrogen) atoms. The minimum atomic E-state index is -0.182. The SMILES string of the molecule is O=C(S)Cc1ccncn1. The van der Waals surface area contributed by atoms with Gasteiger partial charge in [-0.15, -0.1) is 12.6 Å². The predicted molar refractivity (Wildman–Crippen MR) is 39.7 cm³/mol. The standard InChI is InChI=1S/C6H6N2OS/c9-6(10)3-5-1-2-7-4-8-5/h1-2,4H,3H2,(H,9,10). The number of hydrogen-bond acceptors (Lipinski definition) is 3. The lowest BCUT2D eigenvalue weighted by Crippen LogP contribution is -1.96. The Hall–Kier alpha value is -0.900. The van der Waals surface area contributed by atoms with Gasteiger partial charge in [-0.05, 0) is 6.07 Å². The van der Waals surface area contributed by atoms with E-state index in [1.54, 1.807) is 12.3 Å². The fraction of sp³-hybridized carbons (Fsp3) is 0.167. The molecular formula is C6H6N2OS. The molecule has 0 radical (unpaired) electrons. The van der Waals surface area contributed by atoms with Gasteiger partial charge in [0.15, 0.2) is 5.12 Å². The minimum absolute atomic E-state index is 0.182. The van der Waals surface area contributed by atoms with Crippen LogP contribution in [0.1, 0.15) is 5.69 Å². The second kappa shape index (κ2) is 3.31. The van der Waals surface area contributed by atoms with Gasteiger partial charge >= 0.3 is 0 Å². The van der Waals surface area contributed by atoms with E-state index >= 15 is 0 Å². The van der Waals surface area contributed by atoms with Crippen LogP contribution in [0.25, 0.3) is 0 Å². The van der Waals surface area contributed by atoms with Crippen LogP contribution in [0.3, 0.4) is 0 Å². The van der Waals surface area contributed by atoms with E-state index in [0.29, 0.717) is 5.69 Å². The summed E-state index contributed by atoms with van der Waals surface area (Å²) in [6.07, 6.45) is 3.27. The summed E-state index contributed by atoms with van der Waals surface area (Å²) < 4.78 is 0. The molecule has 0 aliphatic carbocycles. The van der Waals surface area contributed by atoms with E-state index in [-0.39, 0.29) is 11.5 Å². The zero-order valence-electron chi connectivity index (χ0n) is 5.19. The molecule has 0 spiro atoms. The van der Waals surface area contributed by atoms with Crippen molar-refractivity contribution in [3.05, 3.63) is 24.3 Å². The number of rotatable bonds is 2. The highest BCUT2D eigenvalue weighted by molar-refractivity contribution is 7.96. The molecule has 0 aliphatic rings. The fourth-order valence-corrected chi connectivity index (χ4v) is 0.740. The summed E-state index contributed by atoms with van der Waals surface area (Å²) in [7, 11) is 0. The van der Waals surface area contributed by atoms with Crippen molar-refractivity contribution in [3.8, 4) is 0 Å². The largest absolute Gasteiger partial charge is 0.287 e. The maximum Gasteiger partial charge on any atom is 0.191 e. The van der Waals surface area contributed by atoms with Gasteiger partial charge in [0, 0.05) is 6.20 Å². The second-order valence-electron chi connectivity index (χ2n) is 1.77. The topological polar surface area (TPSA) is 42.9 Å². The summed E-state index contributed by atoms with van der Waals surface area (Å²) >= 11 is 3.61. The van der Waals surface area contributed by atoms with E-state index in [2.05, 4.69) is 22.6 Å². The lowest BCUT2D eigenvalue weighted by molar-refractivity contribution is -0.110. The molecule has 0 unspecified atom stereocenters. The molecule has 4 heteroatoms. The van der Waals surface area contributed by atoms with Crippen LogP contribution in [0.15, 0.2) is 18.6 Å². The van der Waals surface area contributed by atoms with E-state index < -0.39 is 0 Å². The predicted octanol–water partition coefficient (Wildman–Crippen LogP) is 0.475. The third kappa shape index (κ3) is 2.14. The van der Waals surface area contributed by atoms with Gasteiger partial charge in [-0.25, -0.2) is 9.97 Å². The van der Waals surface area contributed by atoms with Crippen LogP contribution in [0.2, 0.25) is 0 Å². The van der Waals surface area contributed by atoms with Crippen molar-refractivity contribution < 1.29 is 4.79 Å². The summed E-state index contributed by atoms with van der Waals surface area (Å²) in [5.74, 6) is 0. The molecule has 1 aromatic heterocycles. The van der Waals surface area contributed by atoms with Crippen LogP contribution >= 0.6 is 12.6 Å². The second-order valence-corrected chi connectivity index (χ2v) is 2.27. The number of aromatic nitrogens is 2. The first-order valence-corrected chi connectivity index (χ1v) is 3.20. The highest BCUT2D eigenvalue weighted by atomic mass is 32.1. The van der Waals surface area contributed by atoms with Crippen LogP contribution in [-0.4, -0.2) is 15.1 Å². The third-order valence-electron chi connectivity index (χ3n) is 0.976. The first-order valence-electron chi connectivity index (χ1n) is 2.76. The summed E-state index contributed by atoms with van der Waals surface area (Å²) in [5.41, 5.74) is 0.704. The van der Waals surface area contributed by atoms with Gasteiger partial charge in [0.2, 0.25) is 0 Å². The minimum Gasteiger partial charge on any atom is -0.287 e. The molecule has 3 nitrogen and oxygen atoms in total. The van der Waals surface area contributed by atoms with Crippen molar-refractivity contribution in [2.45, 2.75) is 6.42 Å². The average molecular weight is 154 g/mol. The smallest absolute Gasteiger partial charge is 0.191 e. The van der Waals surface area contributed by atoms with E-state index in [0.717, 1.165) is 0 Å². The first kappa shape index (κ1) is 7.21. The molecule has 1 heterocycles. The Kier molecular flexibility index (Phi) is 2.39. The van der Waals surface area contributed by atoms with Crippen molar-refractivity contribution >= 4 is 17.7 Å². The molecular weight excluding hydrogens is 148 g/mol. The molecule has 1 rings (SSSR count). The number of hydrogen-bond donors (Lipinski definition) is 1.